The van der Waals surface area contributed by atoms with Gasteiger partial charge in [0.15, 0.2) is 0 Å². The first-order valence-corrected chi connectivity index (χ1v) is 7.92. The molecule has 22 heavy (non-hydrogen) atoms. The Morgan fingerprint density at radius 2 is 2.23 bits per heavy atom. The van der Waals surface area contributed by atoms with Gasteiger partial charge in [0.2, 0.25) is 0 Å². The van der Waals surface area contributed by atoms with E-state index in [4.69, 9.17) is 16.3 Å². The van der Waals surface area contributed by atoms with E-state index in [9.17, 15) is 9.90 Å². The maximum Gasteiger partial charge on any atom is 0.251 e. The van der Waals surface area contributed by atoms with E-state index in [1.807, 2.05) is 0 Å². The fraction of sp³-hybridized carbons (Fsp3) is 0.562. The third-order valence-electron chi connectivity index (χ3n) is 3.84. The molecule has 1 aromatic rings. The Balaban J connectivity index is 1.76. The van der Waals surface area contributed by atoms with Crippen LogP contribution in [0, 0.1) is 0 Å². The Bertz CT molecular complexity index is 490. The van der Waals surface area contributed by atoms with Gasteiger partial charge >= 0.3 is 0 Å². The molecule has 0 radical (unpaired) electrons. The second-order valence-electron chi connectivity index (χ2n) is 5.67. The number of benzene rings is 1. The molecule has 0 bridgehead atoms. The third kappa shape index (κ3) is 5.25. The van der Waals surface area contributed by atoms with Crippen molar-refractivity contribution in [3.05, 3.63) is 34.9 Å². The van der Waals surface area contributed by atoms with Crippen molar-refractivity contribution in [2.75, 3.05) is 33.4 Å². The van der Waals surface area contributed by atoms with Crippen LogP contribution < -0.4 is 5.32 Å². The van der Waals surface area contributed by atoms with Crippen molar-refractivity contribution < 1.29 is 14.6 Å². The minimum absolute atomic E-state index is 0.0830. The van der Waals surface area contributed by atoms with E-state index < -0.39 is 6.10 Å². The zero-order valence-electron chi connectivity index (χ0n) is 12.8. The van der Waals surface area contributed by atoms with Gasteiger partial charge in [-0.05, 0) is 31.0 Å². The number of rotatable bonds is 6. The lowest BCUT2D eigenvalue weighted by Gasteiger charge is -2.33. The Kier molecular flexibility index (Phi) is 6.64. The number of hydrogen-bond acceptors (Lipinski definition) is 4. The van der Waals surface area contributed by atoms with Crippen LogP contribution >= 0.6 is 11.6 Å². The van der Waals surface area contributed by atoms with Crippen molar-refractivity contribution in [3.8, 4) is 0 Å². The van der Waals surface area contributed by atoms with Gasteiger partial charge < -0.3 is 20.1 Å². The van der Waals surface area contributed by atoms with Gasteiger partial charge in [0.05, 0.1) is 12.7 Å². The highest BCUT2D eigenvalue weighted by atomic mass is 35.5. The SMILES string of the molecule is COCC(O)CN1CCC(NC(=O)c2cccc(Cl)c2)CC1. The second kappa shape index (κ2) is 8.48. The monoisotopic (exact) mass is 326 g/mol. The number of nitrogens with one attached hydrogen (secondary N) is 1. The number of likely N-dealkylation sites (tertiary alicyclic amines) is 1. The van der Waals surface area contributed by atoms with E-state index >= 15 is 0 Å². The minimum atomic E-state index is -0.456. The molecule has 0 aliphatic carbocycles. The lowest BCUT2D eigenvalue weighted by molar-refractivity contribution is 0.0309. The Labute approximate surface area is 136 Å². The molecular formula is C16H23ClN2O3. The molecule has 1 heterocycles. The highest BCUT2D eigenvalue weighted by molar-refractivity contribution is 6.30. The Hall–Kier alpha value is -1.14. The third-order valence-corrected chi connectivity index (χ3v) is 4.07. The van der Waals surface area contributed by atoms with Gasteiger partial charge in [-0.3, -0.25) is 4.79 Å². The highest BCUT2D eigenvalue weighted by Crippen LogP contribution is 2.14. The number of nitrogens with zero attached hydrogens (tertiary/aromatic N) is 1. The van der Waals surface area contributed by atoms with Crippen LogP contribution in [0.15, 0.2) is 24.3 Å². The van der Waals surface area contributed by atoms with Crippen LogP contribution in [0.2, 0.25) is 5.02 Å². The molecule has 1 fully saturated rings. The number of ether oxygens (including phenoxy) is 1. The van der Waals surface area contributed by atoms with Crippen molar-refractivity contribution in [3.63, 3.8) is 0 Å². The van der Waals surface area contributed by atoms with Gasteiger partial charge in [0.25, 0.3) is 5.91 Å². The van der Waals surface area contributed by atoms with E-state index in [0.717, 1.165) is 25.9 Å². The Morgan fingerprint density at radius 3 is 2.86 bits per heavy atom. The fourth-order valence-corrected chi connectivity index (χ4v) is 2.89. The lowest BCUT2D eigenvalue weighted by Crippen LogP contribution is -2.47. The van der Waals surface area contributed by atoms with Crippen LogP contribution in [0.1, 0.15) is 23.2 Å². The van der Waals surface area contributed by atoms with Gasteiger partial charge in [0.1, 0.15) is 0 Å². The first kappa shape index (κ1) is 17.2. The minimum Gasteiger partial charge on any atom is -0.389 e. The van der Waals surface area contributed by atoms with Crippen LogP contribution in [-0.2, 0) is 4.74 Å². The molecule has 1 amide bonds. The molecule has 0 aromatic heterocycles. The standard InChI is InChI=1S/C16H23ClN2O3/c1-22-11-15(20)10-19-7-5-14(6-8-19)18-16(21)12-3-2-4-13(17)9-12/h2-4,9,14-15,20H,5-8,10-11H2,1H3,(H,18,21). The number of amides is 1. The number of carbonyl (C=O) groups excluding carboxylic acids is 1. The summed E-state index contributed by atoms with van der Waals surface area (Å²) in [7, 11) is 1.58. The highest BCUT2D eigenvalue weighted by Gasteiger charge is 2.22. The van der Waals surface area contributed by atoms with E-state index in [1.165, 1.54) is 0 Å². The Morgan fingerprint density at radius 1 is 1.50 bits per heavy atom. The average molecular weight is 327 g/mol. The molecule has 6 heteroatoms. The number of carbonyl (C=O) groups is 1. The van der Waals surface area contributed by atoms with Gasteiger partial charge in [0, 0.05) is 43.4 Å². The first-order valence-electron chi connectivity index (χ1n) is 7.54. The predicted molar refractivity (Wildman–Crippen MR) is 86.3 cm³/mol. The van der Waals surface area contributed by atoms with E-state index in [-0.39, 0.29) is 11.9 Å². The van der Waals surface area contributed by atoms with Crippen molar-refractivity contribution in [2.45, 2.75) is 25.0 Å². The summed E-state index contributed by atoms with van der Waals surface area (Å²) in [5, 5.41) is 13.4. The maximum absolute atomic E-state index is 12.2. The van der Waals surface area contributed by atoms with Gasteiger partial charge in [-0.25, -0.2) is 0 Å². The molecule has 5 nitrogen and oxygen atoms in total. The van der Waals surface area contributed by atoms with Gasteiger partial charge in [-0.15, -0.1) is 0 Å². The van der Waals surface area contributed by atoms with Gasteiger partial charge in [-0.1, -0.05) is 17.7 Å². The second-order valence-corrected chi connectivity index (χ2v) is 6.10. The zero-order chi connectivity index (χ0) is 15.9. The van der Waals surface area contributed by atoms with Crippen LogP contribution in [0.5, 0.6) is 0 Å². The molecular weight excluding hydrogens is 304 g/mol. The van der Waals surface area contributed by atoms with Crippen LogP contribution in [0.3, 0.4) is 0 Å². The van der Waals surface area contributed by atoms with E-state index in [2.05, 4.69) is 10.2 Å². The molecule has 0 spiro atoms. The van der Waals surface area contributed by atoms with E-state index in [1.54, 1.807) is 31.4 Å². The summed E-state index contributed by atoms with van der Waals surface area (Å²) >= 11 is 5.90. The number of methoxy groups -OCH3 is 1. The summed E-state index contributed by atoms with van der Waals surface area (Å²) in [5.74, 6) is -0.0830. The normalized spacial score (nSPS) is 18.1. The summed E-state index contributed by atoms with van der Waals surface area (Å²) in [4.78, 5) is 14.4. The van der Waals surface area contributed by atoms with Crippen LogP contribution in [-0.4, -0.2) is 61.4 Å². The molecule has 1 aliphatic heterocycles. The molecule has 2 rings (SSSR count). The summed E-state index contributed by atoms with van der Waals surface area (Å²) in [6.45, 7) is 2.69. The lowest BCUT2D eigenvalue weighted by atomic mass is 10.0. The van der Waals surface area contributed by atoms with Crippen molar-refractivity contribution in [2.24, 2.45) is 0 Å². The number of piperidine rings is 1. The molecule has 1 unspecified atom stereocenters. The quantitative estimate of drug-likeness (QED) is 0.832. The number of β-amino-alcohol motifs (C(OH)–C–C–N with tert-alkyl or cyclic N) is 1. The largest absolute Gasteiger partial charge is 0.389 e. The molecule has 0 saturated carbocycles. The number of halogens is 1. The predicted octanol–water partition coefficient (Wildman–Crippen LogP) is 1.54. The van der Waals surface area contributed by atoms with Crippen LogP contribution in [0.25, 0.3) is 0 Å². The number of aliphatic hydroxyl groups is 1. The topological polar surface area (TPSA) is 61.8 Å². The van der Waals surface area contributed by atoms with Gasteiger partial charge in [-0.2, -0.15) is 0 Å². The average Bonchev–Trinajstić information content (AvgIpc) is 2.49. The summed E-state index contributed by atoms with van der Waals surface area (Å²) in [5.41, 5.74) is 0.588. The van der Waals surface area contributed by atoms with Crippen molar-refractivity contribution in [1.82, 2.24) is 10.2 Å². The summed E-state index contributed by atoms with van der Waals surface area (Å²) in [6.07, 6.45) is 1.31. The summed E-state index contributed by atoms with van der Waals surface area (Å²) < 4.78 is 4.93. The summed E-state index contributed by atoms with van der Waals surface area (Å²) in [6, 6.07) is 7.13. The van der Waals surface area contributed by atoms with Crippen molar-refractivity contribution in [1.29, 1.82) is 0 Å². The van der Waals surface area contributed by atoms with Crippen molar-refractivity contribution >= 4 is 17.5 Å². The smallest absolute Gasteiger partial charge is 0.251 e. The molecule has 2 N–H and O–H groups in total. The number of aliphatic hydroxyl groups excluding tert-OH is 1. The number of hydrogen-bond donors (Lipinski definition) is 2. The molecule has 1 aliphatic rings. The molecule has 122 valence electrons. The maximum atomic E-state index is 12.2. The zero-order valence-corrected chi connectivity index (χ0v) is 13.6. The fourth-order valence-electron chi connectivity index (χ4n) is 2.70. The molecule has 1 saturated heterocycles. The van der Waals surface area contributed by atoms with Crippen LogP contribution in [0.4, 0.5) is 0 Å². The molecule has 1 atom stereocenters. The first-order chi connectivity index (χ1) is 10.6. The van der Waals surface area contributed by atoms with E-state index in [0.29, 0.717) is 23.7 Å². The molecule has 1 aromatic carbocycles.